The first-order chi connectivity index (χ1) is 10.5. The molecule has 22 heavy (non-hydrogen) atoms. The summed E-state index contributed by atoms with van der Waals surface area (Å²) in [6, 6.07) is 8.07. The third-order valence-corrected chi connectivity index (χ3v) is 3.47. The van der Waals surface area contributed by atoms with E-state index in [9.17, 15) is 14.7 Å². The number of aromatic nitrogens is 2. The summed E-state index contributed by atoms with van der Waals surface area (Å²) in [6.45, 7) is 2.28. The number of nitrogens with zero attached hydrogens (tertiary/aromatic N) is 2. The molecule has 0 aliphatic rings. The largest absolute Gasteiger partial charge is 0.480 e. The van der Waals surface area contributed by atoms with Gasteiger partial charge < -0.3 is 10.4 Å². The van der Waals surface area contributed by atoms with Crippen molar-refractivity contribution in [2.24, 2.45) is 0 Å². The Morgan fingerprint density at radius 1 is 1.36 bits per heavy atom. The lowest BCUT2D eigenvalue weighted by atomic mass is 10.1. The average Bonchev–Trinajstić information content (AvgIpc) is 2.88. The molecule has 0 spiro atoms. The topological polar surface area (TPSA) is 84.2 Å². The summed E-state index contributed by atoms with van der Waals surface area (Å²) in [5, 5.41) is 16.0. The Labute approximate surface area is 132 Å². The molecule has 0 aliphatic heterocycles. The van der Waals surface area contributed by atoms with Crippen LogP contribution in [0.15, 0.2) is 36.5 Å². The van der Waals surface area contributed by atoms with Crippen LogP contribution in [-0.4, -0.2) is 32.8 Å². The van der Waals surface area contributed by atoms with Gasteiger partial charge in [-0.2, -0.15) is 5.10 Å². The Balaban J connectivity index is 2.16. The number of benzene rings is 1. The maximum Gasteiger partial charge on any atom is 0.326 e. The van der Waals surface area contributed by atoms with Gasteiger partial charge in [0.15, 0.2) is 0 Å². The van der Waals surface area contributed by atoms with Crippen molar-refractivity contribution in [1.82, 2.24) is 15.1 Å². The highest BCUT2D eigenvalue weighted by Crippen LogP contribution is 2.15. The van der Waals surface area contributed by atoms with E-state index >= 15 is 0 Å². The second-order valence-corrected chi connectivity index (χ2v) is 5.12. The molecule has 0 saturated carbocycles. The number of aliphatic carboxylic acids is 1. The van der Waals surface area contributed by atoms with E-state index in [-0.39, 0.29) is 17.1 Å². The average molecular weight is 322 g/mol. The zero-order valence-electron chi connectivity index (χ0n) is 12.0. The number of aryl methyl sites for hydroxylation is 1. The van der Waals surface area contributed by atoms with Gasteiger partial charge in [0.05, 0.1) is 11.2 Å². The smallest absolute Gasteiger partial charge is 0.326 e. The third-order valence-electron chi connectivity index (χ3n) is 3.20. The Kier molecular flexibility index (Phi) is 5.16. The Morgan fingerprint density at radius 3 is 2.64 bits per heavy atom. The van der Waals surface area contributed by atoms with Crippen LogP contribution in [0.5, 0.6) is 0 Å². The van der Waals surface area contributed by atoms with Crippen LogP contribution >= 0.6 is 11.6 Å². The fourth-order valence-electron chi connectivity index (χ4n) is 2.10. The minimum atomic E-state index is -1.10. The second-order valence-electron chi connectivity index (χ2n) is 4.71. The number of hydrogen-bond acceptors (Lipinski definition) is 3. The molecule has 116 valence electrons. The quantitative estimate of drug-likeness (QED) is 0.852. The first-order valence-corrected chi connectivity index (χ1v) is 7.19. The predicted molar refractivity (Wildman–Crippen MR) is 81.9 cm³/mol. The van der Waals surface area contributed by atoms with Crippen LogP contribution in [0, 0.1) is 0 Å². The van der Waals surface area contributed by atoms with Crippen LogP contribution in [0.25, 0.3) is 0 Å². The first-order valence-electron chi connectivity index (χ1n) is 6.81. The van der Waals surface area contributed by atoms with Gasteiger partial charge >= 0.3 is 5.97 Å². The van der Waals surface area contributed by atoms with Crippen molar-refractivity contribution < 1.29 is 14.7 Å². The number of nitrogens with one attached hydrogen (secondary N) is 1. The van der Waals surface area contributed by atoms with Crippen molar-refractivity contribution in [1.29, 1.82) is 0 Å². The number of carbonyl (C=O) groups is 2. The SMILES string of the molecule is CCn1ncc(Cl)c1C(=O)N[C@H](Cc1ccccc1)C(=O)O. The molecule has 0 bridgehead atoms. The van der Waals surface area contributed by atoms with Crippen molar-refractivity contribution in [3.05, 3.63) is 52.8 Å². The standard InChI is InChI=1S/C15H16ClN3O3/c1-2-19-13(11(16)9-17-19)14(20)18-12(15(21)22)8-10-6-4-3-5-7-10/h3-7,9,12H,2,8H2,1H3,(H,18,20)(H,21,22)/t12-/m1/s1. The summed E-state index contributed by atoms with van der Waals surface area (Å²) in [4.78, 5) is 23.7. The molecule has 1 aromatic carbocycles. The van der Waals surface area contributed by atoms with Gasteiger partial charge in [-0.25, -0.2) is 4.79 Å². The third kappa shape index (κ3) is 3.65. The number of carboxylic acid groups (broad SMARTS) is 1. The molecule has 2 aromatic rings. The van der Waals surface area contributed by atoms with Crippen LogP contribution in [-0.2, 0) is 17.8 Å². The summed E-state index contributed by atoms with van der Waals surface area (Å²) < 4.78 is 1.43. The molecule has 1 atom stereocenters. The zero-order valence-corrected chi connectivity index (χ0v) is 12.7. The normalized spacial score (nSPS) is 11.9. The van der Waals surface area contributed by atoms with Crippen molar-refractivity contribution in [3.8, 4) is 0 Å². The van der Waals surface area contributed by atoms with Crippen LogP contribution in [0.1, 0.15) is 23.0 Å². The van der Waals surface area contributed by atoms with Gasteiger partial charge in [0, 0.05) is 13.0 Å². The van der Waals surface area contributed by atoms with Gasteiger partial charge in [0.2, 0.25) is 0 Å². The minimum Gasteiger partial charge on any atom is -0.480 e. The van der Waals surface area contributed by atoms with E-state index in [0.717, 1.165) is 5.56 Å². The molecule has 1 aromatic heterocycles. The van der Waals surface area contributed by atoms with E-state index in [2.05, 4.69) is 10.4 Å². The van der Waals surface area contributed by atoms with Gasteiger partial charge in [-0.15, -0.1) is 0 Å². The predicted octanol–water partition coefficient (Wildman–Crippen LogP) is 1.98. The fourth-order valence-corrected chi connectivity index (χ4v) is 2.33. The van der Waals surface area contributed by atoms with E-state index < -0.39 is 17.9 Å². The van der Waals surface area contributed by atoms with Crippen LogP contribution < -0.4 is 5.32 Å². The maximum atomic E-state index is 12.3. The molecule has 1 amide bonds. The molecule has 1 heterocycles. The van der Waals surface area contributed by atoms with Crippen molar-refractivity contribution >= 4 is 23.5 Å². The van der Waals surface area contributed by atoms with Gasteiger partial charge in [-0.1, -0.05) is 41.9 Å². The van der Waals surface area contributed by atoms with E-state index in [1.807, 2.05) is 37.3 Å². The number of carbonyl (C=O) groups excluding carboxylic acids is 1. The molecule has 6 nitrogen and oxygen atoms in total. The van der Waals surface area contributed by atoms with Crippen LogP contribution in [0.2, 0.25) is 5.02 Å². The van der Waals surface area contributed by atoms with Gasteiger partial charge in [0.1, 0.15) is 11.7 Å². The number of halogens is 1. The summed E-state index contributed by atoms with van der Waals surface area (Å²) in [6.07, 6.45) is 1.56. The lowest BCUT2D eigenvalue weighted by Crippen LogP contribution is -2.43. The highest BCUT2D eigenvalue weighted by Gasteiger charge is 2.24. The highest BCUT2D eigenvalue weighted by molar-refractivity contribution is 6.33. The number of carboxylic acids is 1. The van der Waals surface area contributed by atoms with Crippen molar-refractivity contribution in [3.63, 3.8) is 0 Å². The number of amides is 1. The molecule has 7 heteroatoms. The molecular formula is C15H16ClN3O3. The second kappa shape index (κ2) is 7.09. The zero-order chi connectivity index (χ0) is 16.1. The molecule has 0 saturated heterocycles. The molecule has 0 unspecified atom stereocenters. The first kappa shape index (κ1) is 16.0. The molecule has 2 N–H and O–H groups in total. The number of hydrogen-bond donors (Lipinski definition) is 2. The van der Waals surface area contributed by atoms with Crippen LogP contribution in [0.3, 0.4) is 0 Å². The van der Waals surface area contributed by atoms with Gasteiger partial charge in [-0.3, -0.25) is 9.48 Å². The van der Waals surface area contributed by atoms with Crippen molar-refractivity contribution in [2.45, 2.75) is 25.9 Å². The minimum absolute atomic E-state index is 0.170. The van der Waals surface area contributed by atoms with E-state index in [1.54, 1.807) is 0 Å². The summed E-state index contributed by atoms with van der Waals surface area (Å²) in [7, 11) is 0. The van der Waals surface area contributed by atoms with Crippen LogP contribution in [0.4, 0.5) is 0 Å². The fraction of sp³-hybridized carbons (Fsp3) is 0.267. The maximum absolute atomic E-state index is 12.3. The lowest BCUT2D eigenvalue weighted by molar-refractivity contribution is -0.139. The summed E-state index contributed by atoms with van der Waals surface area (Å²) in [5.74, 6) is -1.65. The monoisotopic (exact) mass is 321 g/mol. The Bertz CT molecular complexity index is 670. The van der Waals surface area contributed by atoms with Gasteiger partial charge in [-0.05, 0) is 12.5 Å². The highest BCUT2D eigenvalue weighted by atomic mass is 35.5. The Hall–Kier alpha value is -2.34. The van der Waals surface area contributed by atoms with E-state index in [4.69, 9.17) is 11.6 Å². The van der Waals surface area contributed by atoms with Crippen molar-refractivity contribution in [2.75, 3.05) is 0 Å². The van der Waals surface area contributed by atoms with E-state index in [1.165, 1.54) is 10.9 Å². The van der Waals surface area contributed by atoms with Gasteiger partial charge in [0.25, 0.3) is 5.91 Å². The van der Waals surface area contributed by atoms with E-state index in [0.29, 0.717) is 6.54 Å². The molecular weight excluding hydrogens is 306 g/mol. The molecule has 0 fully saturated rings. The summed E-state index contributed by atoms with van der Waals surface area (Å²) in [5.41, 5.74) is 0.994. The lowest BCUT2D eigenvalue weighted by Gasteiger charge is -2.15. The molecule has 2 rings (SSSR count). The Morgan fingerprint density at radius 2 is 2.05 bits per heavy atom. The number of rotatable bonds is 6. The molecule has 0 aliphatic carbocycles. The molecule has 0 radical (unpaired) electrons. The summed E-state index contributed by atoms with van der Waals surface area (Å²) >= 11 is 5.95.